The number of sulfone groups is 2. The zero-order valence-corrected chi connectivity index (χ0v) is 35.0. The van der Waals surface area contributed by atoms with Crippen LogP contribution in [0.25, 0.3) is 10.8 Å². The summed E-state index contributed by atoms with van der Waals surface area (Å²) in [4.78, 5) is 11.2. The summed E-state index contributed by atoms with van der Waals surface area (Å²) in [5.41, 5.74) is -1.37. The van der Waals surface area contributed by atoms with Crippen molar-refractivity contribution in [3.05, 3.63) is 60.7 Å². The van der Waals surface area contributed by atoms with Crippen molar-refractivity contribution in [1.29, 1.82) is 0 Å². The molecule has 0 spiro atoms. The SMILES string of the molecule is CNc1ccc2cc(S(=O)(=O)O)cc(O)c2c1/N=N/c1cc(NC(=O)CCCS(=O)(=O)CCCl)c(/N=N/c2ccc(S(=O)(=O)CCOS(=O)(=O)O)cc2)cc1S(=O)(=O)O. The first-order chi connectivity index (χ1) is 27.3. The van der Waals surface area contributed by atoms with Crippen LogP contribution in [-0.2, 0) is 59.3 Å². The van der Waals surface area contributed by atoms with Gasteiger partial charge in [-0.2, -0.15) is 30.4 Å². The minimum atomic E-state index is -5.19. The zero-order valence-electron chi connectivity index (χ0n) is 30.1. The molecule has 0 unspecified atom stereocenters. The van der Waals surface area contributed by atoms with Crippen molar-refractivity contribution < 1.29 is 69.8 Å². The van der Waals surface area contributed by atoms with Crippen LogP contribution in [0, 0.1) is 0 Å². The van der Waals surface area contributed by atoms with E-state index in [1.807, 2.05) is 0 Å². The molecular weight excluding hydrogens is 908 g/mol. The first-order valence-corrected chi connectivity index (χ1v) is 24.5. The van der Waals surface area contributed by atoms with Gasteiger partial charge in [-0.05, 0) is 60.3 Å². The summed E-state index contributed by atoms with van der Waals surface area (Å²) in [6, 6.07) is 10.7. The third-order valence-corrected chi connectivity index (χ3v) is 13.8. The number of carbonyl (C=O) groups is 1. The molecule has 4 aromatic carbocycles. The predicted octanol–water partition coefficient (Wildman–Crippen LogP) is 4.88. The Morgan fingerprint density at radius 2 is 1.39 bits per heavy atom. The largest absolute Gasteiger partial charge is 0.507 e. The molecule has 4 aromatic rings. The highest BCUT2D eigenvalue weighted by atomic mass is 35.5. The minimum Gasteiger partial charge on any atom is -0.507 e. The number of amides is 1. The fourth-order valence-corrected chi connectivity index (χ4v) is 9.44. The summed E-state index contributed by atoms with van der Waals surface area (Å²) in [6.07, 6.45) is -0.516. The van der Waals surface area contributed by atoms with Crippen LogP contribution in [0.1, 0.15) is 12.8 Å². The van der Waals surface area contributed by atoms with E-state index in [9.17, 15) is 61.1 Å². The van der Waals surface area contributed by atoms with Crippen molar-refractivity contribution in [3.63, 3.8) is 0 Å². The van der Waals surface area contributed by atoms with Crippen LogP contribution < -0.4 is 10.6 Å². The number of hydrogen-bond acceptors (Lipinski definition) is 18. The Bertz CT molecular complexity index is 2890. The summed E-state index contributed by atoms with van der Waals surface area (Å²) in [5.74, 6) is -3.17. The Kier molecular flexibility index (Phi) is 14.9. The van der Waals surface area contributed by atoms with Gasteiger partial charge in [0.25, 0.3) is 20.2 Å². The van der Waals surface area contributed by atoms with Crippen LogP contribution in [-0.4, -0.2) is 104 Å². The molecule has 0 radical (unpaired) electrons. The van der Waals surface area contributed by atoms with Crippen LogP contribution in [0.15, 0.2) is 95.8 Å². The van der Waals surface area contributed by atoms with E-state index >= 15 is 0 Å². The number of carbonyl (C=O) groups excluding carboxylic acids is 1. The van der Waals surface area contributed by atoms with Gasteiger partial charge in [0.2, 0.25) is 5.91 Å². The van der Waals surface area contributed by atoms with E-state index < -0.39 is 101 Å². The van der Waals surface area contributed by atoms with Gasteiger partial charge in [-0.3, -0.25) is 18.5 Å². The Labute approximate surface area is 342 Å². The van der Waals surface area contributed by atoms with E-state index in [1.54, 1.807) is 0 Å². The van der Waals surface area contributed by atoms with Crippen molar-refractivity contribution in [2.24, 2.45) is 20.5 Å². The summed E-state index contributed by atoms with van der Waals surface area (Å²) in [5, 5.41) is 31.9. The molecule has 0 bridgehead atoms. The minimum absolute atomic E-state index is 0.0374. The summed E-state index contributed by atoms with van der Waals surface area (Å²) < 4.78 is 152. The number of halogens is 1. The quantitative estimate of drug-likeness (QED) is 0.0414. The molecule has 0 heterocycles. The Morgan fingerprint density at radius 1 is 0.729 bits per heavy atom. The number of alkyl halides is 1. The number of nitrogens with zero attached hydrogens (tertiary/aromatic N) is 4. The number of azo groups is 2. The first-order valence-electron chi connectivity index (χ1n) is 16.3. The molecule has 0 atom stereocenters. The average Bonchev–Trinajstić information content (AvgIpc) is 3.11. The summed E-state index contributed by atoms with van der Waals surface area (Å²) in [6.45, 7) is -0.884. The van der Waals surface area contributed by atoms with Crippen molar-refractivity contribution in [2.45, 2.75) is 27.5 Å². The Balaban J connectivity index is 1.81. The number of phenols is 1. The maximum absolute atomic E-state index is 13.0. The fraction of sp³-hybridized carbons (Fsp3) is 0.258. The molecule has 0 aliphatic rings. The molecule has 1 amide bonds. The van der Waals surface area contributed by atoms with E-state index in [4.69, 9.17) is 16.2 Å². The van der Waals surface area contributed by atoms with E-state index in [1.165, 1.54) is 19.2 Å². The molecule has 59 heavy (non-hydrogen) atoms. The number of phenolic OH excluding ortho intramolecular Hbond substituents is 1. The Morgan fingerprint density at radius 3 is 1.98 bits per heavy atom. The molecule has 320 valence electrons. The monoisotopic (exact) mass is 940 g/mol. The van der Waals surface area contributed by atoms with Gasteiger partial charge in [0.1, 0.15) is 27.7 Å². The third-order valence-electron chi connectivity index (χ3n) is 7.80. The normalized spacial score (nSPS) is 13.0. The molecule has 0 aliphatic carbocycles. The van der Waals surface area contributed by atoms with Gasteiger partial charge in [-0.25, -0.2) is 21.0 Å². The predicted molar refractivity (Wildman–Crippen MR) is 213 cm³/mol. The molecule has 28 heteroatoms. The smallest absolute Gasteiger partial charge is 0.397 e. The fourth-order valence-electron chi connectivity index (χ4n) is 5.07. The second-order valence-electron chi connectivity index (χ2n) is 12.0. The second-order valence-corrected chi connectivity index (χ2v) is 20.7. The maximum atomic E-state index is 13.0. The molecule has 6 N–H and O–H groups in total. The zero-order chi connectivity index (χ0) is 44.0. The Hall–Kier alpha value is -4.71. The van der Waals surface area contributed by atoms with Crippen molar-refractivity contribution in [3.8, 4) is 5.75 Å². The van der Waals surface area contributed by atoms with Crippen molar-refractivity contribution >= 4 is 113 Å². The van der Waals surface area contributed by atoms with Gasteiger partial charge in [-0.1, -0.05) is 6.07 Å². The van der Waals surface area contributed by atoms with Crippen LogP contribution in [0.5, 0.6) is 5.75 Å². The van der Waals surface area contributed by atoms with Gasteiger partial charge in [0.15, 0.2) is 19.7 Å². The number of fused-ring (bicyclic) bond motifs is 1. The summed E-state index contributed by atoms with van der Waals surface area (Å²) >= 11 is 5.53. The maximum Gasteiger partial charge on any atom is 0.397 e. The standard InChI is InChI=1S/C31H33ClN6O16S5/c1-33-23-9-4-19-15-22(57(45,46)47)16-27(39)30(19)31(23)38-37-26-17-24(34-29(40)3-2-12-55(41,42)13-10-32)25(18-28(26)58(48,49)50)36-35-20-5-7-21(8-6-20)56(43,44)14-11-54-59(51,52)53/h4-9,15-18,33,39H,2-3,10-14H2,1H3,(H,34,40)(H,45,46,47)(H,48,49,50)(H,51,52,53)/b36-35+,38-37+. The lowest BCUT2D eigenvalue weighted by Gasteiger charge is -2.13. The van der Waals surface area contributed by atoms with Crippen molar-refractivity contribution in [1.82, 2.24) is 0 Å². The highest BCUT2D eigenvalue weighted by Crippen LogP contribution is 2.43. The van der Waals surface area contributed by atoms with Gasteiger partial charge in [0.05, 0.1) is 56.1 Å². The van der Waals surface area contributed by atoms with Gasteiger partial charge in [0, 0.05) is 25.4 Å². The van der Waals surface area contributed by atoms with Crippen molar-refractivity contribution in [2.75, 3.05) is 47.4 Å². The van der Waals surface area contributed by atoms with E-state index in [-0.39, 0.29) is 62.9 Å². The molecule has 0 fully saturated rings. The number of benzene rings is 4. The third kappa shape index (κ3) is 13.1. The number of nitrogens with one attached hydrogen (secondary N) is 2. The lowest BCUT2D eigenvalue weighted by molar-refractivity contribution is -0.116. The average molecular weight is 941 g/mol. The van der Waals surface area contributed by atoms with Crippen LogP contribution in [0.3, 0.4) is 0 Å². The highest BCUT2D eigenvalue weighted by Gasteiger charge is 2.23. The van der Waals surface area contributed by atoms with Gasteiger partial charge >= 0.3 is 10.4 Å². The molecule has 0 aromatic heterocycles. The number of aromatic hydroxyl groups is 1. The second kappa shape index (κ2) is 18.7. The lowest BCUT2D eigenvalue weighted by atomic mass is 10.1. The molecule has 0 aliphatic heterocycles. The van der Waals surface area contributed by atoms with Crippen LogP contribution in [0.4, 0.5) is 34.1 Å². The molecule has 4 rings (SSSR count). The molecular formula is C31H33ClN6O16S5. The van der Waals surface area contributed by atoms with E-state index in [0.29, 0.717) is 0 Å². The molecule has 0 saturated heterocycles. The van der Waals surface area contributed by atoms with Crippen LogP contribution >= 0.6 is 11.6 Å². The van der Waals surface area contributed by atoms with Gasteiger partial charge < -0.3 is 15.7 Å². The van der Waals surface area contributed by atoms with Gasteiger partial charge in [-0.15, -0.1) is 26.9 Å². The van der Waals surface area contributed by atoms with E-state index in [2.05, 4.69) is 35.3 Å². The van der Waals surface area contributed by atoms with E-state index in [0.717, 1.165) is 48.5 Å². The van der Waals surface area contributed by atoms with Crippen LogP contribution in [0.2, 0.25) is 0 Å². The topological polar surface area (TPSA) is 351 Å². The lowest BCUT2D eigenvalue weighted by Crippen LogP contribution is -2.16. The molecule has 0 saturated carbocycles. The first kappa shape index (κ1) is 47.0. The molecule has 22 nitrogen and oxygen atoms in total. The number of anilines is 2. The summed E-state index contributed by atoms with van der Waals surface area (Å²) in [7, 11) is -21.1. The highest BCUT2D eigenvalue weighted by molar-refractivity contribution is 7.91. The number of rotatable bonds is 19. The number of hydrogen-bond donors (Lipinski definition) is 6.